The van der Waals surface area contributed by atoms with Crippen LogP contribution in [0, 0.1) is 5.82 Å². The minimum Gasteiger partial charge on any atom is -0.385 e. The number of halogens is 1. The number of methoxy groups -OCH3 is 1. The summed E-state index contributed by atoms with van der Waals surface area (Å²) >= 11 is 0. The number of benzene rings is 3. The summed E-state index contributed by atoms with van der Waals surface area (Å²) in [4.78, 5) is 35.6. The number of hydrogen-bond donors (Lipinski definition) is 2. The van der Waals surface area contributed by atoms with Crippen LogP contribution in [-0.4, -0.2) is 74.2 Å². The zero-order valence-electron chi connectivity index (χ0n) is 23.9. The van der Waals surface area contributed by atoms with Gasteiger partial charge in [0.05, 0.1) is 0 Å². The van der Waals surface area contributed by atoms with Gasteiger partial charge >= 0.3 is 6.03 Å². The number of hydrogen-bond acceptors (Lipinski definition) is 4. The number of fused-ring (bicyclic) bond motifs is 1. The average molecular weight is 560 g/mol. The van der Waals surface area contributed by atoms with E-state index in [2.05, 4.69) is 16.4 Å². The van der Waals surface area contributed by atoms with Crippen molar-refractivity contribution in [1.29, 1.82) is 0 Å². The first-order valence-electron chi connectivity index (χ1n) is 13.7. The van der Waals surface area contributed by atoms with Gasteiger partial charge in [-0.3, -0.25) is 4.79 Å². The van der Waals surface area contributed by atoms with Crippen LogP contribution in [0.15, 0.2) is 79.0 Å². The lowest BCUT2D eigenvalue weighted by atomic mass is 10.1. The van der Waals surface area contributed by atoms with E-state index < -0.39 is 11.8 Å². The SMILES string of the molecule is COCCCN(CC(=O)N(CCc1c[nH]c2ccccc12)Cc1ccc(N(C)C)cc1)C(=O)Nc1cccc(F)c1. The molecule has 4 aromatic rings. The molecule has 2 N–H and O–H groups in total. The quantitative estimate of drug-likeness (QED) is 0.212. The van der Waals surface area contributed by atoms with Crippen LogP contribution in [0.5, 0.6) is 0 Å². The lowest BCUT2D eigenvalue weighted by molar-refractivity contribution is -0.132. The average Bonchev–Trinajstić information content (AvgIpc) is 3.38. The Balaban J connectivity index is 1.52. The number of para-hydroxylation sites is 1. The summed E-state index contributed by atoms with van der Waals surface area (Å²) in [5, 5.41) is 3.85. The van der Waals surface area contributed by atoms with Crippen molar-refractivity contribution >= 4 is 34.2 Å². The molecule has 216 valence electrons. The molecule has 0 atom stereocenters. The van der Waals surface area contributed by atoms with Crippen molar-refractivity contribution in [2.75, 3.05) is 57.7 Å². The molecule has 0 spiro atoms. The van der Waals surface area contributed by atoms with Crippen LogP contribution in [0.25, 0.3) is 10.9 Å². The largest absolute Gasteiger partial charge is 0.385 e. The van der Waals surface area contributed by atoms with Crippen molar-refractivity contribution in [1.82, 2.24) is 14.8 Å². The van der Waals surface area contributed by atoms with Crippen molar-refractivity contribution in [3.63, 3.8) is 0 Å². The first-order valence-corrected chi connectivity index (χ1v) is 13.7. The van der Waals surface area contributed by atoms with Gasteiger partial charge in [-0.2, -0.15) is 0 Å². The van der Waals surface area contributed by atoms with Gasteiger partial charge in [0.15, 0.2) is 0 Å². The van der Waals surface area contributed by atoms with E-state index in [1.807, 2.05) is 67.7 Å². The number of carbonyl (C=O) groups is 2. The zero-order valence-corrected chi connectivity index (χ0v) is 23.9. The van der Waals surface area contributed by atoms with Gasteiger partial charge in [0.25, 0.3) is 0 Å². The second-order valence-electron chi connectivity index (χ2n) is 10.2. The predicted octanol–water partition coefficient (Wildman–Crippen LogP) is 5.51. The molecule has 8 nitrogen and oxygen atoms in total. The van der Waals surface area contributed by atoms with Crippen LogP contribution < -0.4 is 10.2 Å². The highest BCUT2D eigenvalue weighted by molar-refractivity contribution is 5.92. The van der Waals surface area contributed by atoms with E-state index in [0.29, 0.717) is 44.8 Å². The number of nitrogens with zero attached hydrogens (tertiary/aromatic N) is 3. The summed E-state index contributed by atoms with van der Waals surface area (Å²) < 4.78 is 18.9. The van der Waals surface area contributed by atoms with E-state index in [0.717, 1.165) is 27.7 Å². The Labute approximate surface area is 240 Å². The molecule has 41 heavy (non-hydrogen) atoms. The molecule has 3 aromatic carbocycles. The monoisotopic (exact) mass is 559 g/mol. The van der Waals surface area contributed by atoms with Crippen LogP contribution in [0.1, 0.15) is 17.5 Å². The van der Waals surface area contributed by atoms with E-state index in [4.69, 9.17) is 4.74 Å². The number of nitrogens with one attached hydrogen (secondary N) is 2. The highest BCUT2D eigenvalue weighted by Crippen LogP contribution is 2.20. The van der Waals surface area contributed by atoms with Crippen LogP contribution in [0.3, 0.4) is 0 Å². The van der Waals surface area contributed by atoms with Crippen LogP contribution in [0.4, 0.5) is 20.6 Å². The van der Waals surface area contributed by atoms with E-state index in [9.17, 15) is 14.0 Å². The number of anilines is 2. The van der Waals surface area contributed by atoms with Crippen LogP contribution >= 0.6 is 0 Å². The van der Waals surface area contributed by atoms with Gasteiger partial charge in [-0.1, -0.05) is 36.4 Å². The van der Waals surface area contributed by atoms with Gasteiger partial charge in [-0.25, -0.2) is 9.18 Å². The summed E-state index contributed by atoms with van der Waals surface area (Å²) in [5.41, 5.74) is 4.58. The van der Waals surface area contributed by atoms with E-state index >= 15 is 0 Å². The molecule has 0 aliphatic heterocycles. The number of carbonyl (C=O) groups excluding carboxylic acids is 2. The third-order valence-corrected chi connectivity index (χ3v) is 6.97. The molecular weight excluding hydrogens is 521 g/mol. The van der Waals surface area contributed by atoms with Gasteiger partial charge in [-0.15, -0.1) is 0 Å². The smallest absolute Gasteiger partial charge is 0.322 e. The highest BCUT2D eigenvalue weighted by Gasteiger charge is 2.22. The van der Waals surface area contributed by atoms with Crippen molar-refractivity contribution in [3.8, 4) is 0 Å². The third kappa shape index (κ3) is 8.31. The summed E-state index contributed by atoms with van der Waals surface area (Å²) in [7, 11) is 5.56. The van der Waals surface area contributed by atoms with E-state index in [-0.39, 0.29) is 12.5 Å². The first-order chi connectivity index (χ1) is 19.8. The van der Waals surface area contributed by atoms with Crippen molar-refractivity contribution < 1.29 is 18.7 Å². The van der Waals surface area contributed by atoms with Crippen LogP contribution in [-0.2, 0) is 22.5 Å². The fraction of sp³-hybridized carbons (Fsp3) is 0.312. The molecule has 3 amide bonds. The maximum atomic E-state index is 13.8. The maximum Gasteiger partial charge on any atom is 0.322 e. The van der Waals surface area contributed by atoms with Crippen molar-refractivity contribution in [2.45, 2.75) is 19.4 Å². The van der Waals surface area contributed by atoms with Gasteiger partial charge in [0, 0.05) is 75.9 Å². The summed E-state index contributed by atoms with van der Waals surface area (Å²) in [6.07, 6.45) is 3.20. The van der Waals surface area contributed by atoms with Gasteiger partial charge in [0.1, 0.15) is 12.4 Å². The minimum absolute atomic E-state index is 0.117. The standard InChI is InChI=1S/C32H38FN5O3/c1-36(2)28-14-12-24(13-15-28)22-37(18-16-25-21-34-30-11-5-4-10-29(25)30)31(39)23-38(17-7-19-41-3)32(40)35-27-9-6-8-26(33)20-27/h4-6,8-15,20-21,34H,7,16-19,22-23H2,1-3H3,(H,35,40). The number of aromatic nitrogens is 1. The Kier molecular flexibility index (Phi) is 10.3. The predicted molar refractivity (Wildman–Crippen MR) is 162 cm³/mol. The Morgan fingerprint density at radius 2 is 1.73 bits per heavy atom. The molecule has 1 aromatic heterocycles. The zero-order chi connectivity index (χ0) is 29.2. The van der Waals surface area contributed by atoms with E-state index in [1.165, 1.54) is 23.1 Å². The molecule has 0 saturated heterocycles. The molecule has 0 unspecified atom stereocenters. The minimum atomic E-state index is -0.466. The summed E-state index contributed by atoms with van der Waals surface area (Å²) in [6.45, 7) is 1.53. The van der Waals surface area contributed by atoms with Gasteiger partial charge in [-0.05, 0) is 60.4 Å². The number of H-pyrrole nitrogens is 1. The fourth-order valence-electron chi connectivity index (χ4n) is 4.69. The fourth-order valence-corrected chi connectivity index (χ4v) is 4.69. The Bertz CT molecular complexity index is 1440. The lowest BCUT2D eigenvalue weighted by Crippen LogP contribution is -2.45. The lowest BCUT2D eigenvalue weighted by Gasteiger charge is -2.28. The van der Waals surface area contributed by atoms with Gasteiger partial charge < -0.3 is 29.7 Å². The van der Waals surface area contributed by atoms with Crippen LogP contribution in [0.2, 0.25) is 0 Å². The number of aromatic amines is 1. The Hall–Kier alpha value is -4.37. The summed E-state index contributed by atoms with van der Waals surface area (Å²) in [5.74, 6) is -0.623. The first kappa shape index (κ1) is 29.6. The van der Waals surface area contributed by atoms with E-state index in [1.54, 1.807) is 18.1 Å². The molecule has 0 radical (unpaired) electrons. The second-order valence-corrected chi connectivity index (χ2v) is 10.2. The number of urea groups is 1. The third-order valence-electron chi connectivity index (χ3n) is 6.97. The second kappa shape index (κ2) is 14.3. The molecule has 0 aliphatic rings. The Morgan fingerprint density at radius 1 is 0.951 bits per heavy atom. The molecule has 0 bridgehead atoms. The molecule has 0 fully saturated rings. The number of amides is 3. The molecule has 0 aliphatic carbocycles. The number of ether oxygens (including phenoxy) is 1. The topological polar surface area (TPSA) is 80.9 Å². The van der Waals surface area contributed by atoms with Crippen molar-refractivity contribution in [3.05, 3.63) is 95.9 Å². The van der Waals surface area contributed by atoms with Gasteiger partial charge in [0.2, 0.25) is 5.91 Å². The highest BCUT2D eigenvalue weighted by atomic mass is 19.1. The molecule has 1 heterocycles. The molecular formula is C32H38FN5O3. The maximum absolute atomic E-state index is 13.8. The Morgan fingerprint density at radius 3 is 2.46 bits per heavy atom. The normalized spacial score (nSPS) is 10.9. The molecule has 0 saturated carbocycles. The summed E-state index contributed by atoms with van der Waals surface area (Å²) in [6, 6.07) is 21.4. The molecule has 4 rings (SSSR count). The van der Waals surface area contributed by atoms with Crippen molar-refractivity contribution in [2.24, 2.45) is 0 Å². The molecule has 9 heteroatoms. The number of rotatable bonds is 13.